The quantitative estimate of drug-likeness (QED) is 0.346. The molecule has 1 saturated heterocycles. The van der Waals surface area contributed by atoms with Crippen molar-refractivity contribution in [2.75, 3.05) is 26.2 Å². The van der Waals surface area contributed by atoms with E-state index in [1.54, 1.807) is 12.1 Å². The SMILES string of the molecule is CC(=O)[C@@]1(C(=O)O)CNCC[C@H]1[N+]1(CC(C)(C)C)C(=O)COC(c2ccccc2OC(F)(F)F)c2cc(Cl)ccc21. The van der Waals surface area contributed by atoms with Gasteiger partial charge in [0.2, 0.25) is 0 Å². The number of nitrogens with one attached hydrogen (secondary N) is 1. The Morgan fingerprint density at radius 3 is 2.46 bits per heavy atom. The van der Waals surface area contributed by atoms with E-state index in [0.29, 0.717) is 12.2 Å². The molecule has 2 heterocycles. The molecule has 0 aliphatic carbocycles. The van der Waals surface area contributed by atoms with E-state index in [0.717, 1.165) is 6.07 Å². The number of benzene rings is 2. The van der Waals surface area contributed by atoms with Gasteiger partial charge in [0.1, 0.15) is 23.6 Å². The summed E-state index contributed by atoms with van der Waals surface area (Å²) in [6, 6.07) is 9.06. The van der Waals surface area contributed by atoms with Crippen LogP contribution >= 0.6 is 11.6 Å². The summed E-state index contributed by atoms with van der Waals surface area (Å²) in [6.07, 6.45) is -6.05. The molecule has 41 heavy (non-hydrogen) atoms. The molecule has 0 spiro atoms. The van der Waals surface area contributed by atoms with Crippen LogP contribution in [-0.2, 0) is 19.1 Å². The van der Waals surface area contributed by atoms with Crippen LogP contribution in [0.5, 0.6) is 5.75 Å². The number of ether oxygens (including phenoxy) is 2. The zero-order valence-electron chi connectivity index (χ0n) is 23.2. The number of hydrogen-bond donors (Lipinski definition) is 2. The van der Waals surface area contributed by atoms with E-state index in [4.69, 9.17) is 16.3 Å². The molecule has 0 bridgehead atoms. The van der Waals surface area contributed by atoms with Crippen molar-refractivity contribution in [3.05, 3.63) is 58.6 Å². The lowest BCUT2D eigenvalue weighted by molar-refractivity contribution is -0.275. The van der Waals surface area contributed by atoms with Gasteiger partial charge in [0.05, 0.1) is 6.54 Å². The van der Waals surface area contributed by atoms with E-state index in [9.17, 15) is 32.7 Å². The molecule has 1 amide bonds. The topological polar surface area (TPSA) is 102 Å². The Hall–Kier alpha value is -2.99. The number of alkyl halides is 3. The molecule has 2 N–H and O–H groups in total. The number of piperidine rings is 1. The van der Waals surface area contributed by atoms with Gasteiger partial charge in [-0.05, 0) is 25.1 Å². The fourth-order valence-corrected chi connectivity index (χ4v) is 6.53. The summed E-state index contributed by atoms with van der Waals surface area (Å²) in [4.78, 5) is 40.6. The lowest BCUT2D eigenvalue weighted by atomic mass is 9.70. The normalized spacial score (nSPS) is 27.1. The Balaban J connectivity index is 2.07. The van der Waals surface area contributed by atoms with Gasteiger partial charge in [0, 0.05) is 47.1 Å². The molecule has 222 valence electrons. The Bertz CT molecular complexity index is 1340. The maximum Gasteiger partial charge on any atom is 0.573 e. The number of hydrogen-bond acceptors (Lipinski definition) is 6. The van der Waals surface area contributed by atoms with E-state index in [1.807, 2.05) is 20.8 Å². The maximum absolute atomic E-state index is 14.5. The summed E-state index contributed by atoms with van der Waals surface area (Å²) in [5.74, 6) is -2.99. The van der Waals surface area contributed by atoms with Crippen molar-refractivity contribution in [3.8, 4) is 5.75 Å². The lowest BCUT2D eigenvalue weighted by Crippen LogP contribution is -2.75. The molecule has 2 unspecified atom stereocenters. The van der Waals surface area contributed by atoms with E-state index in [-0.39, 0.29) is 35.7 Å². The van der Waals surface area contributed by atoms with Crippen LogP contribution in [0.2, 0.25) is 5.02 Å². The van der Waals surface area contributed by atoms with Crippen LogP contribution in [0.15, 0.2) is 42.5 Å². The molecular weight excluding hydrogens is 565 g/mol. The first-order valence-electron chi connectivity index (χ1n) is 13.2. The largest absolute Gasteiger partial charge is 0.573 e. The van der Waals surface area contributed by atoms with Crippen molar-refractivity contribution in [3.63, 3.8) is 0 Å². The molecule has 2 aromatic carbocycles. The molecule has 2 aliphatic rings. The van der Waals surface area contributed by atoms with Crippen molar-refractivity contribution in [1.82, 2.24) is 9.80 Å². The first-order chi connectivity index (χ1) is 19.0. The van der Waals surface area contributed by atoms with E-state index < -0.39 is 63.8 Å². The van der Waals surface area contributed by atoms with Gasteiger partial charge in [-0.15, -0.1) is 13.2 Å². The van der Waals surface area contributed by atoms with Crippen molar-refractivity contribution in [1.29, 1.82) is 0 Å². The number of quaternary nitrogens is 1. The Labute approximate surface area is 241 Å². The number of carboxylic acids is 1. The first kappa shape index (κ1) is 31.0. The second-order valence-corrected chi connectivity index (χ2v) is 12.2. The molecule has 2 aliphatic heterocycles. The van der Waals surface area contributed by atoms with Crippen molar-refractivity contribution < 1.29 is 42.1 Å². The van der Waals surface area contributed by atoms with Crippen molar-refractivity contribution in [2.24, 2.45) is 10.8 Å². The molecule has 2 aromatic rings. The average Bonchev–Trinajstić information content (AvgIpc) is 2.97. The highest BCUT2D eigenvalue weighted by Gasteiger charge is 2.65. The van der Waals surface area contributed by atoms with Gasteiger partial charge in [-0.25, -0.2) is 9.28 Å². The van der Waals surface area contributed by atoms with Crippen molar-refractivity contribution >= 4 is 34.9 Å². The summed E-state index contributed by atoms with van der Waals surface area (Å²) in [6.45, 7) is 6.57. The van der Waals surface area contributed by atoms with Crippen LogP contribution in [0.25, 0.3) is 0 Å². The number of carboxylic acid groups (broad SMARTS) is 1. The number of carbonyl (C=O) groups excluding carboxylic acids is 2. The van der Waals surface area contributed by atoms with Crippen LogP contribution in [0, 0.1) is 10.8 Å². The Kier molecular flexibility index (Phi) is 8.32. The molecule has 0 radical (unpaired) electrons. The summed E-state index contributed by atoms with van der Waals surface area (Å²) >= 11 is 6.42. The lowest BCUT2D eigenvalue weighted by Gasteiger charge is -2.51. The number of aliphatic carboxylic acids is 1. The number of halogens is 4. The third-order valence-electron chi connectivity index (χ3n) is 7.78. The molecule has 4 atom stereocenters. The molecule has 8 nitrogen and oxygen atoms in total. The Morgan fingerprint density at radius 1 is 1.17 bits per heavy atom. The van der Waals surface area contributed by atoms with Gasteiger partial charge in [-0.3, -0.25) is 9.59 Å². The Morgan fingerprint density at radius 2 is 1.85 bits per heavy atom. The summed E-state index contributed by atoms with van der Waals surface area (Å²) < 4.78 is 49.9. The number of amides is 1. The number of ketones is 1. The minimum absolute atomic E-state index is 0.0123. The highest BCUT2D eigenvalue weighted by molar-refractivity contribution is 6.30. The zero-order valence-corrected chi connectivity index (χ0v) is 23.9. The van der Waals surface area contributed by atoms with Crippen LogP contribution < -0.4 is 14.5 Å². The maximum atomic E-state index is 14.5. The molecule has 12 heteroatoms. The van der Waals surface area contributed by atoms with Gasteiger partial charge in [-0.2, -0.15) is 0 Å². The number of nitrogens with zero attached hydrogens (tertiary/aromatic N) is 1. The van der Waals surface area contributed by atoms with Gasteiger partial charge < -0.3 is 19.9 Å². The summed E-state index contributed by atoms with van der Waals surface area (Å²) in [5, 5.41) is 13.8. The summed E-state index contributed by atoms with van der Waals surface area (Å²) in [7, 11) is 0. The van der Waals surface area contributed by atoms with Crippen molar-refractivity contribution in [2.45, 2.75) is 52.6 Å². The first-order valence-corrected chi connectivity index (χ1v) is 13.5. The molecule has 0 saturated carbocycles. The number of carbonyl (C=O) groups is 3. The zero-order chi connectivity index (χ0) is 30.4. The predicted octanol–water partition coefficient (Wildman–Crippen LogP) is 5.26. The second-order valence-electron chi connectivity index (χ2n) is 11.8. The summed E-state index contributed by atoms with van der Waals surface area (Å²) in [5.41, 5.74) is -1.93. The van der Waals surface area contributed by atoms with Gasteiger partial charge >= 0.3 is 18.2 Å². The number of para-hydroxylation sites is 1. The van der Waals surface area contributed by atoms with E-state index >= 15 is 0 Å². The fraction of sp³-hybridized carbons (Fsp3) is 0.483. The molecule has 4 rings (SSSR count). The number of fused-ring (bicyclic) bond motifs is 1. The number of rotatable bonds is 6. The molecule has 0 aromatic heterocycles. The smallest absolute Gasteiger partial charge is 0.480 e. The highest BCUT2D eigenvalue weighted by atomic mass is 35.5. The third-order valence-corrected chi connectivity index (χ3v) is 8.02. The minimum Gasteiger partial charge on any atom is -0.480 e. The predicted molar refractivity (Wildman–Crippen MR) is 146 cm³/mol. The van der Waals surface area contributed by atoms with Crippen LogP contribution in [0.3, 0.4) is 0 Å². The second kappa shape index (κ2) is 11.0. The van der Waals surface area contributed by atoms with Gasteiger partial charge in [0.25, 0.3) is 0 Å². The monoisotopic (exact) mass is 597 g/mol. The molecule has 1 fully saturated rings. The standard InChI is InChI=1S/C29H32ClF3N2O6/c1-17(36)28(26(38)39)15-34-12-11-23(28)35(16-27(2,3)4)21-10-9-18(30)13-20(21)25(40-14-24(35)37)19-7-5-6-8-22(19)41-29(31,32)33/h5-10,13,23,25,34H,11-12,14-16H2,1-4H3/p+1/t23-,25?,28+,35?/m1/s1. The fourth-order valence-electron chi connectivity index (χ4n) is 6.35. The minimum atomic E-state index is -4.99. The number of Topliss-reactive ketones (excluding diaryl/α,β-unsaturated/α-hetero) is 1. The van der Waals surface area contributed by atoms with Gasteiger partial charge in [-0.1, -0.05) is 50.6 Å². The van der Waals surface area contributed by atoms with Crippen LogP contribution in [0.1, 0.15) is 51.3 Å². The van der Waals surface area contributed by atoms with Gasteiger partial charge in [0.15, 0.2) is 17.8 Å². The van der Waals surface area contributed by atoms with Crippen LogP contribution in [-0.4, -0.2) is 61.4 Å². The van der Waals surface area contributed by atoms with E-state index in [2.05, 4.69) is 10.1 Å². The molecular formula is C29H33ClF3N2O6+. The average molecular weight is 598 g/mol. The van der Waals surface area contributed by atoms with E-state index in [1.165, 1.54) is 31.2 Å². The van der Waals surface area contributed by atoms with Crippen LogP contribution in [0.4, 0.5) is 18.9 Å². The highest BCUT2D eigenvalue weighted by Crippen LogP contribution is 2.50. The third kappa shape index (κ3) is 5.73.